The summed E-state index contributed by atoms with van der Waals surface area (Å²) in [6.45, 7) is 1.24. The highest BCUT2D eigenvalue weighted by molar-refractivity contribution is 5.33. The zero-order valence-corrected chi connectivity index (χ0v) is 11.8. The van der Waals surface area contributed by atoms with Crippen LogP contribution in [0.2, 0.25) is 0 Å². The van der Waals surface area contributed by atoms with Gasteiger partial charge in [0.2, 0.25) is 0 Å². The lowest BCUT2D eigenvalue weighted by Gasteiger charge is -2.50. The fourth-order valence-corrected chi connectivity index (χ4v) is 3.33. The summed E-state index contributed by atoms with van der Waals surface area (Å²) in [4.78, 5) is 2.26. The smallest absolute Gasteiger partial charge is 0.165 e. The van der Waals surface area contributed by atoms with E-state index in [-0.39, 0.29) is 17.8 Å². The van der Waals surface area contributed by atoms with Crippen LogP contribution in [0.1, 0.15) is 18.4 Å². The highest BCUT2D eigenvalue weighted by Gasteiger charge is 2.45. The first kappa shape index (κ1) is 13.8. The Morgan fingerprint density at radius 2 is 2.00 bits per heavy atom. The standard InChI is InChI=1S/C15H20FNO3/c1-17-11-6-15(18,7-12(17)9-20-8-11)10-3-4-14(19-2)13(16)5-10/h3-5,11-12,18H,6-9H2,1-2H3. The minimum Gasteiger partial charge on any atom is -0.494 e. The van der Waals surface area contributed by atoms with E-state index in [4.69, 9.17) is 9.47 Å². The van der Waals surface area contributed by atoms with Crippen molar-refractivity contribution in [1.82, 2.24) is 4.90 Å². The van der Waals surface area contributed by atoms with E-state index in [1.165, 1.54) is 13.2 Å². The number of piperidine rings is 1. The van der Waals surface area contributed by atoms with Crippen molar-refractivity contribution in [3.8, 4) is 5.75 Å². The summed E-state index contributed by atoms with van der Waals surface area (Å²) in [6.07, 6.45) is 1.12. The molecule has 2 aliphatic heterocycles. The molecule has 2 saturated heterocycles. The molecule has 2 aliphatic rings. The Kier molecular flexibility index (Phi) is 3.44. The molecule has 0 radical (unpaired) electrons. The average Bonchev–Trinajstić information content (AvgIpc) is 2.41. The van der Waals surface area contributed by atoms with Crippen LogP contribution in [0.5, 0.6) is 5.75 Å². The number of benzene rings is 1. The van der Waals surface area contributed by atoms with Crippen molar-refractivity contribution in [3.63, 3.8) is 0 Å². The summed E-state index contributed by atoms with van der Waals surface area (Å²) < 4.78 is 24.3. The number of nitrogens with zero attached hydrogens (tertiary/aromatic N) is 1. The second-order valence-electron chi connectivity index (χ2n) is 5.80. The predicted molar refractivity (Wildman–Crippen MR) is 72.2 cm³/mol. The maximum atomic E-state index is 13.9. The van der Waals surface area contributed by atoms with Gasteiger partial charge in [-0.05, 0) is 37.6 Å². The Balaban J connectivity index is 1.91. The minimum atomic E-state index is -0.987. The molecule has 0 spiro atoms. The van der Waals surface area contributed by atoms with Gasteiger partial charge in [0.1, 0.15) is 0 Å². The molecule has 20 heavy (non-hydrogen) atoms. The number of rotatable bonds is 2. The molecule has 2 fully saturated rings. The Bertz CT molecular complexity index is 494. The van der Waals surface area contributed by atoms with Crippen molar-refractivity contribution in [2.45, 2.75) is 30.5 Å². The summed E-state index contributed by atoms with van der Waals surface area (Å²) in [7, 11) is 3.50. The zero-order valence-electron chi connectivity index (χ0n) is 11.8. The van der Waals surface area contributed by atoms with Gasteiger partial charge in [-0.1, -0.05) is 6.07 Å². The molecule has 0 aromatic heterocycles. The van der Waals surface area contributed by atoms with Gasteiger partial charge in [0.25, 0.3) is 0 Å². The SMILES string of the molecule is COc1ccc(C2(O)CC3COCC(C2)N3C)cc1F. The first-order chi connectivity index (χ1) is 9.53. The minimum absolute atomic E-state index is 0.178. The van der Waals surface area contributed by atoms with Gasteiger partial charge in [0.05, 0.1) is 25.9 Å². The molecule has 3 rings (SSSR count). The molecule has 0 amide bonds. The normalized spacial score (nSPS) is 34.0. The summed E-state index contributed by atoms with van der Waals surface area (Å²) >= 11 is 0. The van der Waals surface area contributed by atoms with Gasteiger partial charge in [0, 0.05) is 12.1 Å². The third-order valence-electron chi connectivity index (χ3n) is 4.61. The maximum Gasteiger partial charge on any atom is 0.165 e. The Morgan fingerprint density at radius 1 is 1.35 bits per heavy atom. The van der Waals surface area contributed by atoms with Crippen molar-refractivity contribution in [2.75, 3.05) is 27.4 Å². The molecular formula is C15H20FNO3. The van der Waals surface area contributed by atoms with Crippen LogP contribution in [0.15, 0.2) is 18.2 Å². The number of methoxy groups -OCH3 is 1. The molecule has 4 nitrogen and oxygen atoms in total. The second kappa shape index (κ2) is 4.98. The molecule has 1 aromatic rings. The third-order valence-corrected chi connectivity index (χ3v) is 4.61. The molecule has 0 saturated carbocycles. The molecule has 1 aromatic carbocycles. The monoisotopic (exact) mass is 281 g/mol. The highest BCUT2D eigenvalue weighted by atomic mass is 19.1. The molecular weight excluding hydrogens is 261 g/mol. The number of aliphatic hydroxyl groups is 1. The van der Waals surface area contributed by atoms with Crippen LogP contribution in [0.4, 0.5) is 4.39 Å². The summed E-state index contributed by atoms with van der Waals surface area (Å²) in [6, 6.07) is 5.08. The maximum absolute atomic E-state index is 13.9. The van der Waals surface area contributed by atoms with E-state index in [2.05, 4.69) is 11.9 Å². The fourth-order valence-electron chi connectivity index (χ4n) is 3.33. The number of fused-ring (bicyclic) bond motifs is 2. The second-order valence-corrected chi connectivity index (χ2v) is 5.80. The topological polar surface area (TPSA) is 41.9 Å². The Morgan fingerprint density at radius 3 is 2.55 bits per heavy atom. The van der Waals surface area contributed by atoms with Crippen LogP contribution in [0, 0.1) is 5.82 Å². The van der Waals surface area contributed by atoms with Crippen molar-refractivity contribution < 1.29 is 19.0 Å². The molecule has 0 aliphatic carbocycles. The molecule has 2 atom stereocenters. The summed E-state index contributed by atoms with van der Waals surface area (Å²) in [5, 5.41) is 11.0. The molecule has 1 N–H and O–H groups in total. The average molecular weight is 281 g/mol. The molecule has 5 heteroatoms. The lowest BCUT2D eigenvalue weighted by atomic mass is 9.77. The fraction of sp³-hybridized carbons (Fsp3) is 0.600. The molecule has 110 valence electrons. The van der Waals surface area contributed by atoms with Gasteiger partial charge >= 0.3 is 0 Å². The zero-order chi connectivity index (χ0) is 14.3. The van der Waals surface area contributed by atoms with Crippen LogP contribution in [0.3, 0.4) is 0 Å². The Hall–Kier alpha value is -1.17. The largest absolute Gasteiger partial charge is 0.494 e. The summed E-state index contributed by atoms with van der Waals surface area (Å²) in [5.41, 5.74) is -0.362. The van der Waals surface area contributed by atoms with Crippen LogP contribution in [0.25, 0.3) is 0 Å². The van der Waals surface area contributed by atoms with E-state index >= 15 is 0 Å². The van der Waals surface area contributed by atoms with Crippen LogP contribution >= 0.6 is 0 Å². The molecule has 2 heterocycles. The van der Waals surface area contributed by atoms with E-state index in [0.29, 0.717) is 31.6 Å². The van der Waals surface area contributed by atoms with Crippen LogP contribution in [-0.4, -0.2) is 49.5 Å². The molecule has 2 bridgehead atoms. The quantitative estimate of drug-likeness (QED) is 0.892. The first-order valence-corrected chi connectivity index (χ1v) is 6.89. The van der Waals surface area contributed by atoms with Gasteiger partial charge in [-0.25, -0.2) is 4.39 Å². The lowest BCUT2D eigenvalue weighted by molar-refractivity contribution is -0.137. The van der Waals surface area contributed by atoms with Gasteiger partial charge in [0.15, 0.2) is 11.6 Å². The van der Waals surface area contributed by atoms with E-state index in [1.807, 2.05) is 0 Å². The van der Waals surface area contributed by atoms with Crippen molar-refractivity contribution >= 4 is 0 Å². The third kappa shape index (κ3) is 2.20. The summed E-state index contributed by atoms with van der Waals surface area (Å²) in [5.74, 6) is -0.229. The van der Waals surface area contributed by atoms with Gasteiger partial charge in [-0.15, -0.1) is 0 Å². The van der Waals surface area contributed by atoms with Crippen molar-refractivity contribution in [2.24, 2.45) is 0 Å². The number of halogens is 1. The van der Waals surface area contributed by atoms with E-state index in [9.17, 15) is 9.50 Å². The van der Waals surface area contributed by atoms with E-state index in [0.717, 1.165) is 0 Å². The Labute approximate surface area is 118 Å². The lowest BCUT2D eigenvalue weighted by Crippen LogP contribution is -2.59. The van der Waals surface area contributed by atoms with Crippen LogP contribution in [-0.2, 0) is 10.3 Å². The number of hydrogen-bond donors (Lipinski definition) is 1. The van der Waals surface area contributed by atoms with Gasteiger partial charge in [-0.2, -0.15) is 0 Å². The number of likely N-dealkylation sites (N-methyl/N-ethyl adjacent to an activating group) is 1. The van der Waals surface area contributed by atoms with Gasteiger partial charge < -0.3 is 14.6 Å². The van der Waals surface area contributed by atoms with Crippen molar-refractivity contribution in [3.05, 3.63) is 29.6 Å². The molecule has 2 unspecified atom stereocenters. The number of ether oxygens (including phenoxy) is 2. The van der Waals surface area contributed by atoms with Crippen molar-refractivity contribution in [1.29, 1.82) is 0 Å². The van der Waals surface area contributed by atoms with E-state index < -0.39 is 11.4 Å². The number of hydrogen-bond acceptors (Lipinski definition) is 4. The number of morpholine rings is 1. The van der Waals surface area contributed by atoms with Gasteiger partial charge in [-0.3, -0.25) is 4.90 Å². The van der Waals surface area contributed by atoms with E-state index in [1.54, 1.807) is 12.1 Å². The highest BCUT2D eigenvalue weighted by Crippen LogP contribution is 2.41. The predicted octanol–water partition coefficient (Wildman–Crippen LogP) is 1.51. The van der Waals surface area contributed by atoms with Crippen LogP contribution < -0.4 is 4.74 Å². The first-order valence-electron chi connectivity index (χ1n) is 6.89.